The lowest BCUT2D eigenvalue weighted by molar-refractivity contribution is -0.306. The Kier molecular flexibility index (Phi) is 7.89. The molecule has 0 saturated carbocycles. The van der Waals surface area contributed by atoms with Crippen LogP contribution < -0.4 is 0 Å². The second-order valence-corrected chi connectivity index (χ2v) is 5.21. The zero-order valence-electron chi connectivity index (χ0n) is 12.0. The van der Waals surface area contributed by atoms with E-state index in [1.165, 1.54) is 0 Å². The van der Waals surface area contributed by atoms with Crippen LogP contribution in [0.4, 0.5) is 0 Å². The zero-order chi connectivity index (χ0) is 17.7. The highest BCUT2D eigenvalue weighted by molar-refractivity contribution is 5.56. The van der Waals surface area contributed by atoms with E-state index in [9.17, 15) is 35.4 Å². The maximum atomic E-state index is 10.3. The molecule has 1 aliphatic rings. The highest BCUT2D eigenvalue weighted by Crippen LogP contribution is 2.22. The van der Waals surface area contributed by atoms with Gasteiger partial charge in [-0.2, -0.15) is 0 Å². The van der Waals surface area contributed by atoms with E-state index in [-0.39, 0.29) is 6.29 Å². The monoisotopic (exact) mass is 342 g/mol. The fourth-order valence-corrected chi connectivity index (χ4v) is 2.01. The second kappa shape index (κ2) is 8.94. The normalized spacial score (nSPS) is 37.0. The third-order valence-electron chi connectivity index (χ3n) is 3.51. The molecule has 0 aromatic rings. The Balaban J connectivity index is 2.57. The van der Waals surface area contributed by atoms with Crippen molar-refractivity contribution < 1.29 is 55.1 Å². The molecule has 0 unspecified atom stereocenters. The topological polar surface area (TPSA) is 197 Å². The van der Waals surface area contributed by atoms with Gasteiger partial charge in [-0.3, -0.25) is 0 Å². The molecule has 0 aromatic carbocycles. The molecule has 1 saturated heterocycles. The fourth-order valence-electron chi connectivity index (χ4n) is 2.01. The molecule has 0 bridgehead atoms. The SMILES string of the molecule is O=C[C@@H](O)[C@@H](O)[C@@H](O)[C@@H](O)CO[C@@H]1O[C@@H](CO)[C@@H](O)[C@H](O)[C@@H]1O. The van der Waals surface area contributed by atoms with Gasteiger partial charge >= 0.3 is 0 Å². The Bertz CT molecular complexity index is 365. The summed E-state index contributed by atoms with van der Waals surface area (Å²) in [4.78, 5) is 10.3. The summed E-state index contributed by atoms with van der Waals surface area (Å²) in [5, 5.41) is 75.4. The number of rotatable bonds is 8. The number of carbonyl (C=O) groups excluding carboxylic acids is 1. The van der Waals surface area contributed by atoms with Crippen LogP contribution in [0.15, 0.2) is 0 Å². The molecule has 11 heteroatoms. The molecule has 1 rings (SSSR count). The minimum absolute atomic E-state index is 0.0287. The van der Waals surface area contributed by atoms with Crippen molar-refractivity contribution in [1.29, 1.82) is 0 Å². The Morgan fingerprint density at radius 3 is 2.13 bits per heavy atom. The summed E-state index contributed by atoms with van der Waals surface area (Å²) >= 11 is 0. The molecule has 1 fully saturated rings. The van der Waals surface area contributed by atoms with Crippen LogP contribution in [-0.4, -0.2) is 115 Å². The van der Waals surface area contributed by atoms with Gasteiger partial charge in [0.25, 0.3) is 0 Å². The Morgan fingerprint density at radius 1 is 1.00 bits per heavy atom. The van der Waals surface area contributed by atoms with Gasteiger partial charge in [-0.25, -0.2) is 0 Å². The molecule has 8 N–H and O–H groups in total. The lowest BCUT2D eigenvalue weighted by Crippen LogP contribution is -2.59. The van der Waals surface area contributed by atoms with Gasteiger partial charge in [0, 0.05) is 0 Å². The first-order chi connectivity index (χ1) is 10.7. The number of aldehydes is 1. The van der Waals surface area contributed by atoms with Gasteiger partial charge in [-0.1, -0.05) is 0 Å². The van der Waals surface area contributed by atoms with Gasteiger partial charge < -0.3 is 55.1 Å². The van der Waals surface area contributed by atoms with E-state index in [4.69, 9.17) is 19.7 Å². The van der Waals surface area contributed by atoms with Gasteiger partial charge in [0.2, 0.25) is 0 Å². The first-order valence-corrected chi connectivity index (χ1v) is 6.84. The lowest BCUT2D eigenvalue weighted by Gasteiger charge is -2.40. The van der Waals surface area contributed by atoms with Gasteiger partial charge in [0.15, 0.2) is 12.6 Å². The molecule has 1 heterocycles. The standard InChI is InChI=1S/C12H22O11/c13-1-4(15)7(17)8(18)5(16)3-22-12-11(21)10(20)9(19)6(2-14)23-12/h1,4-12,14-21H,2-3H2/t4-,5+,6+,7-,8+,9-,10+,11+,12-/m1/s1. The minimum atomic E-state index is -1.96. The predicted octanol–water partition coefficient (Wildman–Crippen LogP) is -5.55. The second-order valence-electron chi connectivity index (χ2n) is 5.21. The largest absolute Gasteiger partial charge is 0.394 e. The molecule has 23 heavy (non-hydrogen) atoms. The molecule has 9 atom stereocenters. The van der Waals surface area contributed by atoms with Crippen LogP contribution >= 0.6 is 0 Å². The van der Waals surface area contributed by atoms with Crippen molar-refractivity contribution in [1.82, 2.24) is 0 Å². The lowest BCUT2D eigenvalue weighted by atomic mass is 9.99. The number of aliphatic hydroxyl groups is 8. The summed E-state index contributed by atoms with van der Waals surface area (Å²) in [6.07, 6.45) is -15.3. The fraction of sp³-hybridized carbons (Fsp3) is 0.917. The summed E-state index contributed by atoms with van der Waals surface area (Å²) in [7, 11) is 0. The van der Waals surface area contributed by atoms with E-state index in [0.29, 0.717) is 0 Å². The first-order valence-electron chi connectivity index (χ1n) is 6.84. The molecule has 0 amide bonds. The smallest absolute Gasteiger partial charge is 0.186 e. The van der Waals surface area contributed by atoms with Crippen LogP contribution in [0, 0.1) is 0 Å². The average molecular weight is 342 g/mol. The van der Waals surface area contributed by atoms with E-state index >= 15 is 0 Å². The summed E-state index contributed by atoms with van der Waals surface area (Å²) in [5.41, 5.74) is 0. The number of ether oxygens (including phenoxy) is 2. The molecule has 136 valence electrons. The summed E-state index contributed by atoms with van der Waals surface area (Å²) in [6, 6.07) is 0. The van der Waals surface area contributed by atoms with Crippen molar-refractivity contribution in [3.63, 3.8) is 0 Å². The molecule has 0 aromatic heterocycles. The maximum absolute atomic E-state index is 10.3. The van der Waals surface area contributed by atoms with Gasteiger partial charge in [-0.05, 0) is 0 Å². The van der Waals surface area contributed by atoms with E-state index in [1.807, 2.05) is 0 Å². The molecule has 0 aliphatic carbocycles. The van der Waals surface area contributed by atoms with Crippen molar-refractivity contribution in [2.75, 3.05) is 13.2 Å². The quantitative estimate of drug-likeness (QED) is 0.196. The Hall–Kier alpha value is -0.730. The molecule has 0 radical (unpaired) electrons. The third-order valence-corrected chi connectivity index (χ3v) is 3.51. The predicted molar refractivity (Wildman–Crippen MR) is 69.8 cm³/mol. The number of hydrogen-bond donors (Lipinski definition) is 8. The maximum Gasteiger partial charge on any atom is 0.186 e. The van der Waals surface area contributed by atoms with Crippen molar-refractivity contribution in [2.45, 2.75) is 55.1 Å². The summed E-state index contributed by atoms with van der Waals surface area (Å²) in [5.74, 6) is 0. The van der Waals surface area contributed by atoms with Gasteiger partial charge in [0.05, 0.1) is 13.2 Å². The number of hydrogen-bond acceptors (Lipinski definition) is 11. The zero-order valence-corrected chi connectivity index (χ0v) is 12.0. The van der Waals surface area contributed by atoms with E-state index < -0.39 is 68.3 Å². The van der Waals surface area contributed by atoms with Gasteiger partial charge in [0.1, 0.15) is 48.8 Å². The molecular weight excluding hydrogens is 320 g/mol. The third kappa shape index (κ3) is 4.87. The van der Waals surface area contributed by atoms with E-state index in [1.54, 1.807) is 0 Å². The van der Waals surface area contributed by atoms with Crippen LogP contribution in [0.2, 0.25) is 0 Å². The van der Waals surface area contributed by atoms with Crippen LogP contribution in [0.25, 0.3) is 0 Å². The average Bonchev–Trinajstić information content (AvgIpc) is 2.56. The van der Waals surface area contributed by atoms with E-state index in [0.717, 1.165) is 0 Å². The van der Waals surface area contributed by atoms with Crippen molar-refractivity contribution in [2.24, 2.45) is 0 Å². The summed E-state index contributed by atoms with van der Waals surface area (Å²) < 4.78 is 9.94. The number of aliphatic hydroxyl groups excluding tert-OH is 8. The minimum Gasteiger partial charge on any atom is -0.394 e. The van der Waals surface area contributed by atoms with Crippen LogP contribution in [-0.2, 0) is 14.3 Å². The first kappa shape index (κ1) is 20.3. The van der Waals surface area contributed by atoms with Crippen molar-refractivity contribution >= 4 is 6.29 Å². The highest BCUT2D eigenvalue weighted by atomic mass is 16.7. The molecule has 11 nitrogen and oxygen atoms in total. The Morgan fingerprint density at radius 2 is 1.61 bits per heavy atom. The molecule has 1 aliphatic heterocycles. The highest BCUT2D eigenvalue weighted by Gasteiger charge is 2.44. The Labute approximate surface area is 130 Å². The molecule has 0 spiro atoms. The number of carbonyl (C=O) groups is 1. The van der Waals surface area contributed by atoms with Gasteiger partial charge in [-0.15, -0.1) is 0 Å². The van der Waals surface area contributed by atoms with Crippen molar-refractivity contribution in [3.8, 4) is 0 Å². The van der Waals surface area contributed by atoms with Crippen LogP contribution in [0.1, 0.15) is 0 Å². The molecular formula is C12H22O11. The van der Waals surface area contributed by atoms with Crippen molar-refractivity contribution in [3.05, 3.63) is 0 Å². The van der Waals surface area contributed by atoms with E-state index in [2.05, 4.69) is 0 Å². The van der Waals surface area contributed by atoms with Crippen LogP contribution in [0.3, 0.4) is 0 Å². The van der Waals surface area contributed by atoms with Crippen LogP contribution in [0.5, 0.6) is 0 Å². The summed E-state index contributed by atoms with van der Waals surface area (Å²) in [6.45, 7) is -1.37.